The number of alkyl halides is 3. The van der Waals surface area contributed by atoms with Gasteiger partial charge in [0, 0.05) is 32.1 Å². The average molecular weight is 413 g/mol. The van der Waals surface area contributed by atoms with E-state index in [1.807, 2.05) is 0 Å². The van der Waals surface area contributed by atoms with Gasteiger partial charge in [0.1, 0.15) is 12.4 Å². The average Bonchev–Trinajstić information content (AvgIpc) is 2.61. The van der Waals surface area contributed by atoms with Crippen molar-refractivity contribution < 1.29 is 32.2 Å². The molecule has 1 aromatic rings. The van der Waals surface area contributed by atoms with Crippen molar-refractivity contribution in [2.24, 2.45) is 0 Å². The van der Waals surface area contributed by atoms with E-state index in [9.17, 15) is 22.8 Å². The van der Waals surface area contributed by atoms with E-state index >= 15 is 0 Å². The van der Waals surface area contributed by atoms with Crippen LogP contribution in [-0.2, 0) is 9.53 Å². The van der Waals surface area contributed by atoms with Crippen LogP contribution in [0.4, 0.5) is 18.0 Å². The second-order valence-corrected chi connectivity index (χ2v) is 7.72. The van der Waals surface area contributed by atoms with E-state index in [1.165, 1.54) is 6.07 Å². The highest BCUT2D eigenvalue weighted by Crippen LogP contribution is 2.33. The van der Waals surface area contributed by atoms with Crippen LogP contribution in [0.2, 0.25) is 0 Å². The van der Waals surface area contributed by atoms with Gasteiger partial charge in [0.2, 0.25) is 5.91 Å². The molecule has 4 rings (SSSR count). The Morgan fingerprint density at radius 1 is 1.24 bits per heavy atom. The molecule has 3 aliphatic heterocycles. The predicted molar refractivity (Wildman–Crippen MR) is 95.4 cm³/mol. The van der Waals surface area contributed by atoms with E-state index in [2.05, 4.69) is 10.1 Å². The van der Waals surface area contributed by atoms with Gasteiger partial charge in [-0.3, -0.25) is 4.79 Å². The molecule has 3 aliphatic rings. The van der Waals surface area contributed by atoms with Crippen molar-refractivity contribution >= 4 is 11.9 Å². The maximum Gasteiger partial charge on any atom is 0.573 e. The van der Waals surface area contributed by atoms with Gasteiger partial charge in [-0.1, -0.05) is 12.1 Å². The molecule has 3 saturated heterocycles. The van der Waals surface area contributed by atoms with Gasteiger partial charge in [-0.2, -0.15) is 0 Å². The molecule has 2 atom stereocenters. The topological polar surface area (TPSA) is 71.1 Å². The molecule has 0 spiro atoms. The van der Waals surface area contributed by atoms with Crippen molar-refractivity contribution in [1.29, 1.82) is 0 Å². The van der Waals surface area contributed by atoms with Crippen LogP contribution in [0.5, 0.6) is 5.75 Å². The molecule has 0 aromatic heterocycles. The Kier molecular flexibility index (Phi) is 5.05. The summed E-state index contributed by atoms with van der Waals surface area (Å²) < 4.78 is 46.7. The fourth-order valence-corrected chi connectivity index (χ4v) is 4.08. The number of halogens is 3. The number of likely N-dealkylation sites (tertiary alicyclic amines) is 2. The first-order valence-corrected chi connectivity index (χ1v) is 9.51. The SMILES string of the molecule is Cc1cc(C2CN(C(=O)N3CC[C@@H]4OCC(=O)NC4C3)C2)ccc1OC(F)(F)F. The summed E-state index contributed by atoms with van der Waals surface area (Å²) in [7, 11) is 0. The molecule has 7 nitrogen and oxygen atoms in total. The highest BCUT2D eigenvalue weighted by molar-refractivity contribution is 5.79. The van der Waals surface area contributed by atoms with Gasteiger partial charge in [0.15, 0.2) is 0 Å². The highest BCUT2D eigenvalue weighted by Gasteiger charge is 2.40. The minimum atomic E-state index is -4.72. The number of aryl methyl sites for hydroxylation is 1. The summed E-state index contributed by atoms with van der Waals surface area (Å²) in [6.45, 7) is 3.63. The second kappa shape index (κ2) is 7.40. The molecule has 29 heavy (non-hydrogen) atoms. The number of amides is 3. The number of rotatable bonds is 2. The fraction of sp³-hybridized carbons (Fsp3) is 0.579. The van der Waals surface area contributed by atoms with Gasteiger partial charge in [-0.25, -0.2) is 4.79 Å². The lowest BCUT2D eigenvalue weighted by Gasteiger charge is -2.46. The van der Waals surface area contributed by atoms with Crippen LogP contribution in [0.25, 0.3) is 0 Å². The quantitative estimate of drug-likeness (QED) is 0.805. The van der Waals surface area contributed by atoms with Crippen LogP contribution < -0.4 is 10.1 Å². The van der Waals surface area contributed by atoms with Crippen molar-refractivity contribution in [2.45, 2.75) is 37.8 Å². The smallest absolute Gasteiger partial charge is 0.406 e. The Hall–Kier alpha value is -2.49. The Labute approximate surface area is 165 Å². The van der Waals surface area contributed by atoms with Crippen molar-refractivity contribution in [1.82, 2.24) is 15.1 Å². The number of piperidine rings is 1. The minimum absolute atomic E-state index is 0.0544. The summed E-state index contributed by atoms with van der Waals surface area (Å²) in [6.07, 6.45) is -4.10. The Morgan fingerprint density at radius 2 is 2.00 bits per heavy atom. The van der Waals surface area contributed by atoms with Crippen LogP contribution in [0, 0.1) is 6.92 Å². The first kappa shape index (κ1) is 19.8. The van der Waals surface area contributed by atoms with E-state index in [0.717, 1.165) is 5.56 Å². The molecule has 1 N–H and O–H groups in total. The number of morpholine rings is 1. The molecule has 158 valence electrons. The van der Waals surface area contributed by atoms with Gasteiger partial charge in [0.05, 0.1) is 12.1 Å². The molecule has 0 saturated carbocycles. The number of hydrogen-bond donors (Lipinski definition) is 1. The number of carbonyl (C=O) groups is 2. The first-order chi connectivity index (χ1) is 13.7. The van der Waals surface area contributed by atoms with Crippen LogP contribution in [0.15, 0.2) is 18.2 Å². The monoisotopic (exact) mass is 413 g/mol. The number of nitrogens with zero attached hydrogens (tertiary/aromatic N) is 2. The number of benzene rings is 1. The molecule has 0 bridgehead atoms. The molecule has 1 aromatic carbocycles. The van der Waals surface area contributed by atoms with E-state index in [1.54, 1.807) is 28.9 Å². The lowest BCUT2D eigenvalue weighted by molar-refractivity contribution is -0.274. The Balaban J connectivity index is 1.32. The zero-order valence-corrected chi connectivity index (χ0v) is 15.9. The molecule has 3 heterocycles. The van der Waals surface area contributed by atoms with Gasteiger partial charge >= 0.3 is 12.4 Å². The number of fused-ring (bicyclic) bond motifs is 1. The van der Waals surface area contributed by atoms with E-state index < -0.39 is 6.36 Å². The third-order valence-electron chi connectivity index (χ3n) is 5.64. The molecule has 1 unspecified atom stereocenters. The normalized spacial score (nSPS) is 25.2. The number of ether oxygens (including phenoxy) is 2. The zero-order chi connectivity index (χ0) is 20.8. The molecular weight excluding hydrogens is 391 g/mol. The minimum Gasteiger partial charge on any atom is -0.406 e. The Morgan fingerprint density at radius 3 is 2.69 bits per heavy atom. The van der Waals surface area contributed by atoms with Gasteiger partial charge < -0.3 is 24.6 Å². The largest absolute Gasteiger partial charge is 0.573 e. The van der Waals surface area contributed by atoms with Crippen LogP contribution in [-0.4, -0.2) is 73.0 Å². The summed E-state index contributed by atoms with van der Waals surface area (Å²) in [5.41, 5.74) is 1.28. The van der Waals surface area contributed by atoms with E-state index in [0.29, 0.717) is 38.2 Å². The summed E-state index contributed by atoms with van der Waals surface area (Å²) in [5, 5.41) is 2.87. The fourth-order valence-electron chi connectivity index (χ4n) is 4.08. The molecule has 0 aliphatic carbocycles. The lowest BCUT2D eigenvalue weighted by Crippen LogP contribution is -2.63. The molecule has 3 fully saturated rings. The van der Waals surface area contributed by atoms with Crippen LogP contribution >= 0.6 is 0 Å². The molecular formula is C19H22F3N3O4. The zero-order valence-electron chi connectivity index (χ0n) is 15.9. The number of carbonyl (C=O) groups excluding carboxylic acids is 2. The highest BCUT2D eigenvalue weighted by atomic mass is 19.4. The first-order valence-electron chi connectivity index (χ1n) is 9.51. The van der Waals surface area contributed by atoms with Gasteiger partial charge in [0.25, 0.3) is 0 Å². The molecule has 10 heteroatoms. The summed E-state index contributed by atoms with van der Waals surface area (Å²) in [6, 6.07) is 4.33. The van der Waals surface area contributed by atoms with Gasteiger partial charge in [-0.05, 0) is 30.5 Å². The van der Waals surface area contributed by atoms with Gasteiger partial charge in [-0.15, -0.1) is 13.2 Å². The third kappa shape index (κ3) is 4.26. The van der Waals surface area contributed by atoms with Crippen molar-refractivity contribution in [3.05, 3.63) is 29.3 Å². The molecule has 3 amide bonds. The van der Waals surface area contributed by atoms with Crippen molar-refractivity contribution in [2.75, 3.05) is 32.8 Å². The van der Waals surface area contributed by atoms with Crippen LogP contribution in [0.1, 0.15) is 23.5 Å². The number of urea groups is 1. The lowest BCUT2D eigenvalue weighted by atomic mass is 9.90. The number of nitrogens with one attached hydrogen (secondary N) is 1. The second-order valence-electron chi connectivity index (χ2n) is 7.72. The standard InChI is InChI=1S/C19H22F3N3O4/c1-11-6-12(2-3-15(11)29-19(20,21)22)13-7-25(8-13)18(27)24-5-4-16-14(9-24)23-17(26)10-28-16/h2-3,6,13-14,16H,4-5,7-10H2,1H3,(H,23,26)/t14?,16-/m0/s1. The predicted octanol–water partition coefficient (Wildman–Crippen LogP) is 2.00. The van der Waals surface area contributed by atoms with Crippen LogP contribution in [0.3, 0.4) is 0 Å². The van der Waals surface area contributed by atoms with E-state index in [-0.39, 0.29) is 42.4 Å². The maximum absolute atomic E-state index is 12.7. The maximum atomic E-state index is 12.7. The van der Waals surface area contributed by atoms with Crippen molar-refractivity contribution in [3.63, 3.8) is 0 Å². The van der Waals surface area contributed by atoms with Crippen molar-refractivity contribution in [3.8, 4) is 5.75 Å². The summed E-state index contributed by atoms with van der Waals surface area (Å²) in [5.74, 6) is -0.307. The summed E-state index contributed by atoms with van der Waals surface area (Å²) >= 11 is 0. The summed E-state index contributed by atoms with van der Waals surface area (Å²) in [4.78, 5) is 27.7. The van der Waals surface area contributed by atoms with E-state index in [4.69, 9.17) is 4.74 Å². The number of hydrogen-bond acceptors (Lipinski definition) is 4. The third-order valence-corrected chi connectivity index (χ3v) is 5.64. The Bertz CT molecular complexity index is 810. The molecule has 0 radical (unpaired) electrons.